The Morgan fingerprint density at radius 2 is 2.17 bits per heavy atom. The third-order valence-electron chi connectivity index (χ3n) is 3.92. The lowest BCUT2D eigenvalue weighted by molar-refractivity contribution is -0.142. The maximum Gasteiger partial charge on any atom is 0.433 e. The number of rotatable bonds is 3. The van der Waals surface area contributed by atoms with E-state index in [0.717, 1.165) is 36.3 Å². The standard InChI is InChI=1S/C16H17F3N4O/c17-16(18,19)14-6-8-21-23(14)13-5-1-3-11(9-13)15(24)22-12-4-2-7-20-10-12/h1,3,5-6,8-9,12,20H,2,4,7,10H2,(H,22,24)/t12-/m0/s1. The fourth-order valence-electron chi connectivity index (χ4n) is 2.75. The van der Waals surface area contributed by atoms with Crippen LogP contribution in [0.25, 0.3) is 5.69 Å². The number of amides is 1. The van der Waals surface area contributed by atoms with E-state index in [1.54, 1.807) is 12.1 Å². The van der Waals surface area contributed by atoms with Crippen molar-refractivity contribution < 1.29 is 18.0 Å². The number of halogens is 3. The van der Waals surface area contributed by atoms with E-state index in [9.17, 15) is 18.0 Å². The Morgan fingerprint density at radius 1 is 1.33 bits per heavy atom. The molecule has 1 aliphatic rings. The summed E-state index contributed by atoms with van der Waals surface area (Å²) in [6, 6.07) is 6.96. The number of nitrogens with zero attached hydrogens (tertiary/aromatic N) is 2. The Balaban J connectivity index is 1.82. The molecule has 2 heterocycles. The normalized spacial score (nSPS) is 18.4. The van der Waals surface area contributed by atoms with E-state index in [1.807, 2.05) is 0 Å². The molecule has 2 N–H and O–H groups in total. The summed E-state index contributed by atoms with van der Waals surface area (Å²) < 4.78 is 39.8. The van der Waals surface area contributed by atoms with Crippen LogP contribution in [-0.2, 0) is 6.18 Å². The Bertz CT molecular complexity index is 720. The average molecular weight is 338 g/mol. The van der Waals surface area contributed by atoms with E-state index in [1.165, 1.54) is 12.1 Å². The number of alkyl halides is 3. The van der Waals surface area contributed by atoms with Gasteiger partial charge in [-0.05, 0) is 43.7 Å². The van der Waals surface area contributed by atoms with Crippen LogP contribution in [0.1, 0.15) is 28.9 Å². The van der Waals surface area contributed by atoms with Crippen LogP contribution in [0.5, 0.6) is 0 Å². The number of carbonyl (C=O) groups is 1. The van der Waals surface area contributed by atoms with E-state index in [4.69, 9.17) is 0 Å². The molecule has 1 fully saturated rings. The molecule has 1 aromatic carbocycles. The molecule has 0 aliphatic carbocycles. The lowest BCUT2D eigenvalue weighted by atomic mass is 10.1. The van der Waals surface area contributed by atoms with Crippen molar-refractivity contribution >= 4 is 5.91 Å². The molecule has 1 aromatic heterocycles. The Morgan fingerprint density at radius 3 is 2.88 bits per heavy atom. The zero-order valence-electron chi connectivity index (χ0n) is 12.8. The van der Waals surface area contributed by atoms with Crippen LogP contribution in [0.2, 0.25) is 0 Å². The molecule has 3 rings (SSSR count). The number of benzene rings is 1. The van der Waals surface area contributed by atoms with Crippen molar-refractivity contribution in [2.45, 2.75) is 25.1 Å². The van der Waals surface area contributed by atoms with Gasteiger partial charge in [0.25, 0.3) is 5.91 Å². The monoisotopic (exact) mass is 338 g/mol. The number of piperidine rings is 1. The van der Waals surface area contributed by atoms with Gasteiger partial charge < -0.3 is 10.6 Å². The fraction of sp³-hybridized carbons (Fsp3) is 0.375. The Kier molecular flexibility index (Phi) is 4.57. The van der Waals surface area contributed by atoms with Gasteiger partial charge in [0.1, 0.15) is 5.69 Å². The van der Waals surface area contributed by atoms with Crippen LogP contribution in [0.3, 0.4) is 0 Å². The van der Waals surface area contributed by atoms with Gasteiger partial charge in [-0.15, -0.1) is 0 Å². The van der Waals surface area contributed by atoms with Crippen LogP contribution in [-0.4, -0.2) is 34.8 Å². The van der Waals surface area contributed by atoms with E-state index in [0.29, 0.717) is 12.1 Å². The van der Waals surface area contributed by atoms with E-state index in [-0.39, 0.29) is 17.6 Å². The highest BCUT2D eigenvalue weighted by Gasteiger charge is 2.35. The molecule has 0 saturated carbocycles. The third kappa shape index (κ3) is 3.59. The number of aromatic nitrogens is 2. The van der Waals surface area contributed by atoms with Crippen molar-refractivity contribution in [2.24, 2.45) is 0 Å². The second kappa shape index (κ2) is 6.64. The molecule has 0 unspecified atom stereocenters. The number of hydrogen-bond acceptors (Lipinski definition) is 3. The molecule has 1 aliphatic heterocycles. The largest absolute Gasteiger partial charge is 0.433 e. The zero-order valence-corrected chi connectivity index (χ0v) is 12.8. The molecule has 1 saturated heterocycles. The number of carbonyl (C=O) groups excluding carboxylic acids is 1. The smallest absolute Gasteiger partial charge is 0.348 e. The first kappa shape index (κ1) is 16.5. The van der Waals surface area contributed by atoms with Gasteiger partial charge in [-0.3, -0.25) is 4.79 Å². The molecular weight excluding hydrogens is 321 g/mol. The van der Waals surface area contributed by atoms with Gasteiger partial charge in [0, 0.05) is 18.2 Å². The van der Waals surface area contributed by atoms with Crippen LogP contribution in [0.15, 0.2) is 36.5 Å². The van der Waals surface area contributed by atoms with Gasteiger partial charge in [-0.1, -0.05) is 6.07 Å². The minimum absolute atomic E-state index is 0.0327. The summed E-state index contributed by atoms with van der Waals surface area (Å²) in [4.78, 5) is 12.3. The quantitative estimate of drug-likeness (QED) is 0.903. The molecule has 1 amide bonds. The van der Waals surface area contributed by atoms with Gasteiger partial charge in [-0.2, -0.15) is 18.3 Å². The lowest BCUT2D eigenvalue weighted by Crippen LogP contribution is -2.45. The lowest BCUT2D eigenvalue weighted by Gasteiger charge is -2.23. The van der Waals surface area contributed by atoms with Crippen molar-refractivity contribution in [1.29, 1.82) is 0 Å². The van der Waals surface area contributed by atoms with Gasteiger partial charge >= 0.3 is 6.18 Å². The first-order chi connectivity index (χ1) is 11.4. The predicted molar refractivity (Wildman–Crippen MR) is 81.9 cm³/mol. The first-order valence-electron chi connectivity index (χ1n) is 7.68. The molecular formula is C16H17F3N4O. The van der Waals surface area contributed by atoms with E-state index < -0.39 is 11.9 Å². The second-order valence-corrected chi connectivity index (χ2v) is 5.69. The van der Waals surface area contributed by atoms with Crippen LogP contribution in [0, 0.1) is 0 Å². The molecule has 0 bridgehead atoms. The summed E-state index contributed by atoms with van der Waals surface area (Å²) in [7, 11) is 0. The summed E-state index contributed by atoms with van der Waals surface area (Å²) in [5.74, 6) is -0.300. The van der Waals surface area contributed by atoms with Crippen molar-refractivity contribution in [2.75, 3.05) is 13.1 Å². The third-order valence-corrected chi connectivity index (χ3v) is 3.92. The molecule has 24 heavy (non-hydrogen) atoms. The van der Waals surface area contributed by atoms with Gasteiger partial charge in [0.2, 0.25) is 0 Å². The maximum atomic E-state index is 13.0. The number of nitrogens with one attached hydrogen (secondary N) is 2. The van der Waals surface area contributed by atoms with E-state index >= 15 is 0 Å². The fourth-order valence-corrected chi connectivity index (χ4v) is 2.75. The molecule has 0 radical (unpaired) electrons. The minimum atomic E-state index is -4.51. The van der Waals surface area contributed by atoms with Crippen LogP contribution < -0.4 is 10.6 Å². The van der Waals surface area contributed by atoms with Gasteiger partial charge in [-0.25, -0.2) is 4.68 Å². The van der Waals surface area contributed by atoms with E-state index in [2.05, 4.69) is 15.7 Å². The molecule has 128 valence electrons. The maximum absolute atomic E-state index is 13.0. The molecule has 5 nitrogen and oxygen atoms in total. The molecule has 2 aromatic rings. The summed E-state index contributed by atoms with van der Waals surface area (Å²) in [6.45, 7) is 1.63. The molecule has 1 atom stereocenters. The highest BCUT2D eigenvalue weighted by molar-refractivity contribution is 5.94. The zero-order chi connectivity index (χ0) is 17.2. The second-order valence-electron chi connectivity index (χ2n) is 5.69. The van der Waals surface area contributed by atoms with Crippen molar-refractivity contribution in [3.05, 3.63) is 47.8 Å². The highest BCUT2D eigenvalue weighted by atomic mass is 19.4. The summed E-state index contributed by atoms with van der Waals surface area (Å²) >= 11 is 0. The first-order valence-corrected chi connectivity index (χ1v) is 7.68. The minimum Gasteiger partial charge on any atom is -0.348 e. The van der Waals surface area contributed by atoms with Crippen LogP contribution in [0.4, 0.5) is 13.2 Å². The van der Waals surface area contributed by atoms with Gasteiger partial charge in [0.05, 0.1) is 11.9 Å². The molecule has 0 spiro atoms. The SMILES string of the molecule is O=C(N[C@H]1CCCNC1)c1cccc(-n2nccc2C(F)(F)F)c1. The Labute approximate surface area is 136 Å². The highest BCUT2D eigenvalue weighted by Crippen LogP contribution is 2.30. The van der Waals surface area contributed by atoms with Crippen molar-refractivity contribution in [3.8, 4) is 5.69 Å². The van der Waals surface area contributed by atoms with Crippen molar-refractivity contribution in [3.63, 3.8) is 0 Å². The summed E-state index contributed by atoms with van der Waals surface area (Å²) in [5.41, 5.74) is -0.375. The Hall–Kier alpha value is -2.35. The predicted octanol–water partition coefficient (Wildman–Crippen LogP) is 2.37. The van der Waals surface area contributed by atoms with Crippen LogP contribution >= 0.6 is 0 Å². The topological polar surface area (TPSA) is 59.0 Å². The number of hydrogen-bond donors (Lipinski definition) is 2. The molecule has 8 heteroatoms. The summed E-state index contributed by atoms with van der Waals surface area (Å²) in [5, 5.41) is 9.82. The van der Waals surface area contributed by atoms with Crippen molar-refractivity contribution in [1.82, 2.24) is 20.4 Å². The van der Waals surface area contributed by atoms with Gasteiger partial charge in [0.15, 0.2) is 0 Å². The average Bonchev–Trinajstić information content (AvgIpc) is 3.06. The summed E-state index contributed by atoms with van der Waals surface area (Å²) in [6.07, 6.45) is -1.56.